The van der Waals surface area contributed by atoms with E-state index in [-0.39, 0.29) is 23.2 Å². The van der Waals surface area contributed by atoms with Crippen LogP contribution in [0.3, 0.4) is 0 Å². The Hall–Kier alpha value is -3.27. The number of ether oxygens (including phenoxy) is 1. The van der Waals surface area contributed by atoms with Gasteiger partial charge in [0.2, 0.25) is 5.95 Å². The zero-order valence-electron chi connectivity index (χ0n) is 21.9. The molecule has 1 saturated heterocycles. The van der Waals surface area contributed by atoms with Crippen molar-refractivity contribution in [2.24, 2.45) is 0 Å². The van der Waals surface area contributed by atoms with Crippen molar-refractivity contribution in [3.8, 4) is 11.3 Å². The predicted octanol–water partition coefficient (Wildman–Crippen LogP) is 5.29. The van der Waals surface area contributed by atoms with Gasteiger partial charge in [-0.1, -0.05) is 6.07 Å². The van der Waals surface area contributed by atoms with Crippen LogP contribution >= 0.6 is 7.14 Å². The van der Waals surface area contributed by atoms with Crippen LogP contribution in [0.2, 0.25) is 0 Å². The van der Waals surface area contributed by atoms with Gasteiger partial charge in [-0.3, -0.25) is 0 Å². The Morgan fingerprint density at radius 2 is 1.97 bits per heavy atom. The number of nitrogens with one attached hydrogen (secondary N) is 2. The maximum atomic E-state index is 14.0. The molecule has 0 spiro atoms. The third-order valence-corrected chi connectivity index (χ3v) is 7.71. The van der Waals surface area contributed by atoms with Crippen molar-refractivity contribution in [3.63, 3.8) is 0 Å². The zero-order valence-corrected chi connectivity index (χ0v) is 22.8. The summed E-state index contributed by atoms with van der Waals surface area (Å²) in [6, 6.07) is 2.85. The van der Waals surface area contributed by atoms with E-state index in [2.05, 4.69) is 20.3 Å². The van der Waals surface area contributed by atoms with Crippen LogP contribution in [-0.2, 0) is 15.5 Å². The number of anilines is 2. The van der Waals surface area contributed by atoms with Crippen molar-refractivity contribution in [1.82, 2.24) is 19.9 Å². The van der Waals surface area contributed by atoms with Gasteiger partial charge in [0.15, 0.2) is 0 Å². The van der Waals surface area contributed by atoms with E-state index in [1.165, 1.54) is 12.3 Å². The van der Waals surface area contributed by atoms with Crippen LogP contribution in [0.1, 0.15) is 39.2 Å². The molecular weight excluding hydrogens is 520 g/mol. The van der Waals surface area contributed by atoms with E-state index in [1.807, 2.05) is 0 Å². The number of rotatable bonds is 4. The SMILES string of the molecule is CC(C)(C)OC(=O)N1CCCC(Nc2ncc(C(F)(F)F)c(-c3c[nH]c4c(P(C)(C)=O)c(N)ccc34)n2)C1. The van der Waals surface area contributed by atoms with Gasteiger partial charge in [-0.15, -0.1) is 0 Å². The summed E-state index contributed by atoms with van der Waals surface area (Å²) in [5, 5.41) is 3.89. The third kappa shape index (κ3) is 5.90. The van der Waals surface area contributed by atoms with Crippen LogP contribution in [0.15, 0.2) is 24.5 Å². The van der Waals surface area contributed by atoms with E-state index in [4.69, 9.17) is 10.5 Å². The Labute approximate surface area is 218 Å². The Balaban J connectivity index is 1.70. The molecule has 206 valence electrons. The molecular formula is C25H32F3N6O3P. The number of nitrogens with two attached hydrogens (primary N) is 1. The highest BCUT2D eigenvalue weighted by Gasteiger charge is 2.37. The fourth-order valence-corrected chi connectivity index (χ4v) is 6.03. The van der Waals surface area contributed by atoms with Gasteiger partial charge in [-0.25, -0.2) is 14.8 Å². The summed E-state index contributed by atoms with van der Waals surface area (Å²) in [4.78, 5) is 25.2. The molecule has 2 aromatic heterocycles. The second kappa shape index (κ2) is 9.80. The first kappa shape index (κ1) is 27.8. The number of halogens is 3. The summed E-state index contributed by atoms with van der Waals surface area (Å²) in [5.41, 5.74) is 5.00. The number of aromatic amines is 1. The molecule has 0 bridgehead atoms. The van der Waals surface area contributed by atoms with Gasteiger partial charge in [-0.05, 0) is 53.0 Å². The Morgan fingerprint density at radius 3 is 2.61 bits per heavy atom. The number of aromatic nitrogens is 3. The lowest BCUT2D eigenvalue weighted by atomic mass is 10.0. The van der Waals surface area contributed by atoms with Crippen LogP contribution in [-0.4, -0.2) is 64.0 Å². The number of nitrogens with zero attached hydrogens (tertiary/aromatic N) is 3. The predicted molar refractivity (Wildman–Crippen MR) is 142 cm³/mol. The molecule has 1 aromatic carbocycles. The summed E-state index contributed by atoms with van der Waals surface area (Å²) in [6.45, 7) is 9.27. The van der Waals surface area contributed by atoms with Gasteiger partial charge in [0.05, 0.1) is 16.5 Å². The number of alkyl halides is 3. The van der Waals surface area contributed by atoms with E-state index in [1.54, 1.807) is 45.1 Å². The fraction of sp³-hybridized carbons (Fsp3) is 0.480. The number of hydrogen-bond acceptors (Lipinski definition) is 7. The van der Waals surface area contributed by atoms with Gasteiger partial charge in [-0.2, -0.15) is 13.2 Å². The number of H-pyrrole nitrogens is 1. The van der Waals surface area contributed by atoms with Crippen molar-refractivity contribution < 1.29 is 27.3 Å². The number of nitrogen functional groups attached to an aromatic ring is 1. The largest absolute Gasteiger partial charge is 0.444 e. The Kier molecular flexibility index (Phi) is 7.16. The topological polar surface area (TPSA) is 126 Å². The minimum Gasteiger partial charge on any atom is -0.444 e. The van der Waals surface area contributed by atoms with Crippen LogP contribution in [0.5, 0.6) is 0 Å². The molecule has 0 aliphatic carbocycles. The quantitative estimate of drug-likeness (QED) is 0.297. The van der Waals surface area contributed by atoms with Gasteiger partial charge in [0.1, 0.15) is 18.3 Å². The molecule has 13 heteroatoms. The maximum absolute atomic E-state index is 14.0. The van der Waals surface area contributed by atoms with Crippen LogP contribution in [0.25, 0.3) is 22.2 Å². The minimum absolute atomic E-state index is 0.00529. The lowest BCUT2D eigenvalue weighted by Gasteiger charge is -2.34. The molecule has 3 heterocycles. The monoisotopic (exact) mass is 552 g/mol. The van der Waals surface area contributed by atoms with Gasteiger partial charge >= 0.3 is 12.3 Å². The summed E-state index contributed by atoms with van der Waals surface area (Å²) in [7, 11) is -2.85. The van der Waals surface area contributed by atoms with Crippen molar-refractivity contribution in [2.45, 2.75) is 51.4 Å². The molecule has 1 unspecified atom stereocenters. The Morgan fingerprint density at radius 1 is 1.26 bits per heavy atom. The van der Waals surface area contributed by atoms with Crippen molar-refractivity contribution >= 4 is 41.1 Å². The number of piperidine rings is 1. The summed E-state index contributed by atoms with van der Waals surface area (Å²) >= 11 is 0. The molecule has 0 radical (unpaired) electrons. The molecule has 4 rings (SSSR count). The normalized spacial score (nSPS) is 17.1. The maximum Gasteiger partial charge on any atom is 0.419 e. The van der Waals surface area contributed by atoms with E-state index in [0.717, 1.165) is 6.20 Å². The lowest BCUT2D eigenvalue weighted by molar-refractivity contribution is -0.137. The van der Waals surface area contributed by atoms with Crippen molar-refractivity contribution in [2.75, 3.05) is 37.5 Å². The molecule has 38 heavy (non-hydrogen) atoms. The van der Waals surface area contributed by atoms with Crippen LogP contribution in [0.4, 0.5) is 29.6 Å². The Bertz CT molecular complexity index is 1410. The van der Waals surface area contributed by atoms with Gasteiger partial charge < -0.3 is 30.2 Å². The van der Waals surface area contributed by atoms with E-state index < -0.39 is 30.6 Å². The number of carbonyl (C=O) groups excluding carboxylic acids is 1. The number of carbonyl (C=O) groups is 1. The van der Waals surface area contributed by atoms with Crippen molar-refractivity contribution in [1.29, 1.82) is 0 Å². The molecule has 1 aliphatic rings. The molecule has 0 saturated carbocycles. The zero-order chi connectivity index (χ0) is 28.0. The summed E-state index contributed by atoms with van der Waals surface area (Å²) < 4.78 is 60.4. The first-order valence-corrected chi connectivity index (χ1v) is 14.8. The summed E-state index contributed by atoms with van der Waals surface area (Å²) in [5.74, 6) is 0.00529. The third-order valence-electron chi connectivity index (χ3n) is 6.15. The van der Waals surface area contributed by atoms with Crippen molar-refractivity contribution in [3.05, 3.63) is 30.1 Å². The second-order valence-electron chi connectivity index (χ2n) is 10.8. The first-order chi connectivity index (χ1) is 17.5. The van der Waals surface area contributed by atoms with Gasteiger partial charge in [0.25, 0.3) is 0 Å². The highest BCUT2D eigenvalue weighted by Crippen LogP contribution is 2.43. The molecule has 9 nitrogen and oxygen atoms in total. The number of amides is 1. The number of fused-ring (bicyclic) bond motifs is 1. The highest BCUT2D eigenvalue weighted by atomic mass is 31.2. The number of benzene rings is 1. The van der Waals surface area contributed by atoms with Crippen LogP contribution < -0.4 is 16.4 Å². The van der Waals surface area contributed by atoms with Crippen LogP contribution in [0, 0.1) is 0 Å². The number of likely N-dealkylation sites (tertiary alicyclic amines) is 1. The average Bonchev–Trinajstić information content (AvgIpc) is 3.20. The minimum atomic E-state index is -4.71. The molecule has 1 aliphatic heterocycles. The number of hydrogen-bond donors (Lipinski definition) is 3. The fourth-order valence-electron chi connectivity index (χ4n) is 4.61. The average molecular weight is 553 g/mol. The van der Waals surface area contributed by atoms with Gasteiger partial charge in [0, 0.05) is 48.2 Å². The highest BCUT2D eigenvalue weighted by molar-refractivity contribution is 7.71. The second-order valence-corrected chi connectivity index (χ2v) is 14.0. The summed E-state index contributed by atoms with van der Waals surface area (Å²) in [6.07, 6.45) is -1.63. The molecule has 4 N–H and O–H groups in total. The molecule has 3 aromatic rings. The van der Waals surface area contributed by atoms with E-state index in [9.17, 15) is 22.5 Å². The smallest absolute Gasteiger partial charge is 0.419 e. The molecule has 1 fully saturated rings. The molecule has 1 amide bonds. The standard InChI is InChI=1S/C25H32F3N6O3P/c1-24(2,3)37-23(35)34-10-6-7-14(13-34)32-22-31-12-17(25(26,27)28)19(33-22)16-11-30-20-15(16)8-9-18(29)21(20)38(4,5)36/h8-9,11-12,14,30H,6-7,10,13,29H2,1-5H3,(H,31,32,33). The first-order valence-electron chi connectivity index (χ1n) is 12.2. The van der Waals surface area contributed by atoms with E-state index in [0.29, 0.717) is 47.8 Å². The lowest BCUT2D eigenvalue weighted by Crippen LogP contribution is -2.47. The molecule has 1 atom stereocenters. The van der Waals surface area contributed by atoms with E-state index >= 15 is 0 Å².